The molecule has 0 N–H and O–H groups in total. The van der Waals surface area contributed by atoms with Crippen molar-refractivity contribution in [3.8, 4) is 28.4 Å². The molecule has 1 aliphatic heterocycles. The highest BCUT2D eigenvalue weighted by molar-refractivity contribution is 5.64. The largest absolute Gasteiger partial charge is 0.454 e. The van der Waals surface area contributed by atoms with Crippen molar-refractivity contribution >= 4 is 0 Å². The predicted octanol–water partition coefficient (Wildman–Crippen LogP) is 4.01. The Labute approximate surface area is 121 Å². The van der Waals surface area contributed by atoms with Crippen LogP contribution < -0.4 is 9.47 Å². The van der Waals surface area contributed by atoms with Crippen LogP contribution in [-0.2, 0) is 0 Å². The van der Waals surface area contributed by atoms with E-state index in [0.29, 0.717) is 0 Å². The molecule has 4 heteroatoms. The lowest BCUT2D eigenvalue weighted by atomic mass is 10.1. The van der Waals surface area contributed by atoms with Gasteiger partial charge in [-0.1, -0.05) is 0 Å². The Morgan fingerprint density at radius 3 is 2.57 bits per heavy atom. The number of aromatic nitrogens is 1. The average molecular weight is 281 g/mol. The molecule has 0 saturated heterocycles. The number of hydrogen-bond donors (Lipinski definition) is 0. The minimum atomic E-state index is -0.236. The second-order valence-electron chi connectivity index (χ2n) is 4.81. The van der Waals surface area contributed by atoms with Crippen LogP contribution in [0.25, 0.3) is 16.9 Å². The van der Waals surface area contributed by atoms with Gasteiger partial charge in [-0.25, -0.2) is 4.39 Å². The van der Waals surface area contributed by atoms with Crippen LogP contribution in [0.2, 0.25) is 0 Å². The Bertz CT molecular complexity index is 793. The molecule has 3 nitrogen and oxygen atoms in total. The van der Waals surface area contributed by atoms with Gasteiger partial charge in [0.25, 0.3) is 0 Å². The molecule has 1 aliphatic rings. The highest BCUT2D eigenvalue weighted by atomic mass is 19.1. The molecule has 1 aromatic heterocycles. The van der Waals surface area contributed by atoms with Crippen LogP contribution in [0.3, 0.4) is 0 Å². The zero-order valence-electron chi connectivity index (χ0n) is 11.1. The molecule has 21 heavy (non-hydrogen) atoms. The molecule has 0 fully saturated rings. The molecule has 0 atom stereocenters. The molecule has 4 rings (SSSR count). The lowest BCUT2D eigenvalue weighted by molar-refractivity contribution is 0.174. The molecular formula is C17H12FNO2. The highest BCUT2D eigenvalue weighted by Gasteiger charge is 2.15. The van der Waals surface area contributed by atoms with Crippen molar-refractivity contribution in [2.24, 2.45) is 0 Å². The van der Waals surface area contributed by atoms with Crippen molar-refractivity contribution in [1.29, 1.82) is 0 Å². The lowest BCUT2D eigenvalue weighted by Crippen LogP contribution is -1.95. The van der Waals surface area contributed by atoms with Gasteiger partial charge >= 0.3 is 0 Å². The zero-order valence-corrected chi connectivity index (χ0v) is 11.1. The van der Waals surface area contributed by atoms with E-state index in [9.17, 15) is 4.39 Å². The summed E-state index contributed by atoms with van der Waals surface area (Å²) in [6.45, 7) is 0.259. The Balaban J connectivity index is 1.80. The minimum Gasteiger partial charge on any atom is -0.454 e. The number of rotatable bonds is 2. The SMILES string of the molecule is Fc1ccc(-c2cccn2-c2ccc3c(c2)OCO3)cc1. The predicted molar refractivity (Wildman–Crippen MR) is 77.3 cm³/mol. The highest BCUT2D eigenvalue weighted by Crippen LogP contribution is 2.35. The molecule has 0 radical (unpaired) electrons. The van der Waals surface area contributed by atoms with Crippen LogP contribution in [0.1, 0.15) is 0 Å². The first-order valence-corrected chi connectivity index (χ1v) is 6.64. The standard InChI is InChI=1S/C17H12FNO2/c18-13-5-3-12(4-6-13)15-2-1-9-19(15)14-7-8-16-17(10-14)21-11-20-16/h1-10H,11H2. The van der Waals surface area contributed by atoms with Crippen LogP contribution >= 0.6 is 0 Å². The van der Waals surface area contributed by atoms with Crippen molar-refractivity contribution in [2.45, 2.75) is 0 Å². The third-order valence-corrected chi connectivity index (χ3v) is 3.52. The molecule has 0 unspecified atom stereocenters. The fourth-order valence-corrected chi connectivity index (χ4v) is 2.50. The third-order valence-electron chi connectivity index (χ3n) is 3.52. The van der Waals surface area contributed by atoms with E-state index in [1.54, 1.807) is 12.1 Å². The molecule has 2 aromatic carbocycles. The number of benzene rings is 2. The van der Waals surface area contributed by atoms with E-state index in [-0.39, 0.29) is 12.6 Å². The van der Waals surface area contributed by atoms with Gasteiger partial charge in [0.05, 0.1) is 5.69 Å². The van der Waals surface area contributed by atoms with Gasteiger partial charge in [0.1, 0.15) is 5.82 Å². The van der Waals surface area contributed by atoms with Crippen LogP contribution in [0.15, 0.2) is 60.8 Å². The average Bonchev–Trinajstić information content (AvgIpc) is 3.16. The molecule has 0 saturated carbocycles. The number of nitrogens with zero attached hydrogens (tertiary/aromatic N) is 1. The first-order valence-electron chi connectivity index (χ1n) is 6.64. The van der Waals surface area contributed by atoms with E-state index in [0.717, 1.165) is 28.4 Å². The summed E-state index contributed by atoms with van der Waals surface area (Å²) in [5.41, 5.74) is 2.93. The zero-order chi connectivity index (χ0) is 14.2. The lowest BCUT2D eigenvalue weighted by Gasteiger charge is -2.10. The van der Waals surface area contributed by atoms with Crippen LogP contribution in [0.4, 0.5) is 4.39 Å². The van der Waals surface area contributed by atoms with Gasteiger partial charge in [-0.15, -0.1) is 0 Å². The van der Waals surface area contributed by atoms with E-state index in [1.807, 2.05) is 41.1 Å². The van der Waals surface area contributed by atoms with Crippen LogP contribution in [-0.4, -0.2) is 11.4 Å². The van der Waals surface area contributed by atoms with E-state index in [4.69, 9.17) is 9.47 Å². The third kappa shape index (κ3) is 2.05. The van der Waals surface area contributed by atoms with Crippen molar-refractivity contribution in [1.82, 2.24) is 4.57 Å². The molecule has 104 valence electrons. The first-order chi connectivity index (χ1) is 10.3. The van der Waals surface area contributed by atoms with E-state index >= 15 is 0 Å². The fourth-order valence-electron chi connectivity index (χ4n) is 2.50. The van der Waals surface area contributed by atoms with Gasteiger partial charge in [0.15, 0.2) is 11.5 Å². The van der Waals surface area contributed by atoms with Crippen molar-refractivity contribution in [2.75, 3.05) is 6.79 Å². The Morgan fingerprint density at radius 1 is 0.905 bits per heavy atom. The number of fused-ring (bicyclic) bond motifs is 1. The molecule has 0 aliphatic carbocycles. The molecule has 3 aromatic rings. The number of halogens is 1. The maximum Gasteiger partial charge on any atom is 0.231 e. The Hall–Kier alpha value is -2.75. The van der Waals surface area contributed by atoms with E-state index in [1.165, 1.54) is 12.1 Å². The summed E-state index contributed by atoms with van der Waals surface area (Å²) in [5, 5.41) is 0. The van der Waals surface area contributed by atoms with E-state index in [2.05, 4.69) is 0 Å². The fraction of sp³-hybridized carbons (Fsp3) is 0.0588. The molecule has 0 spiro atoms. The summed E-state index contributed by atoms with van der Waals surface area (Å²) >= 11 is 0. The number of ether oxygens (including phenoxy) is 2. The van der Waals surface area contributed by atoms with Crippen molar-refractivity contribution in [3.05, 3.63) is 66.6 Å². The maximum absolute atomic E-state index is 13.1. The Morgan fingerprint density at radius 2 is 1.71 bits per heavy atom. The van der Waals surface area contributed by atoms with Crippen molar-refractivity contribution in [3.63, 3.8) is 0 Å². The minimum absolute atomic E-state index is 0.236. The normalized spacial score (nSPS) is 12.6. The molecule has 0 amide bonds. The summed E-state index contributed by atoms with van der Waals surface area (Å²) in [6.07, 6.45) is 1.97. The summed E-state index contributed by atoms with van der Waals surface area (Å²) in [5.74, 6) is 1.26. The van der Waals surface area contributed by atoms with Gasteiger partial charge in [-0.2, -0.15) is 0 Å². The summed E-state index contributed by atoms with van der Waals surface area (Å²) < 4.78 is 25.8. The van der Waals surface area contributed by atoms with E-state index < -0.39 is 0 Å². The monoisotopic (exact) mass is 281 g/mol. The molecular weight excluding hydrogens is 269 g/mol. The van der Waals surface area contributed by atoms with Gasteiger partial charge in [-0.3, -0.25) is 0 Å². The smallest absolute Gasteiger partial charge is 0.231 e. The van der Waals surface area contributed by atoms with Crippen molar-refractivity contribution < 1.29 is 13.9 Å². The topological polar surface area (TPSA) is 23.4 Å². The van der Waals surface area contributed by atoms with Crippen LogP contribution in [0, 0.1) is 5.82 Å². The Kier molecular flexibility index (Phi) is 2.67. The first kappa shape index (κ1) is 12.0. The van der Waals surface area contributed by atoms with Gasteiger partial charge in [0, 0.05) is 18.0 Å². The van der Waals surface area contributed by atoms with Gasteiger partial charge in [-0.05, 0) is 54.1 Å². The molecule has 2 heterocycles. The molecule has 0 bridgehead atoms. The summed E-state index contributed by atoms with van der Waals surface area (Å²) in [7, 11) is 0. The summed E-state index contributed by atoms with van der Waals surface area (Å²) in [6, 6.07) is 16.2. The second kappa shape index (κ2) is 4.66. The second-order valence-corrected chi connectivity index (χ2v) is 4.81. The quantitative estimate of drug-likeness (QED) is 0.708. The number of hydrogen-bond acceptors (Lipinski definition) is 2. The van der Waals surface area contributed by atoms with Gasteiger partial charge in [0.2, 0.25) is 6.79 Å². The summed E-state index contributed by atoms with van der Waals surface area (Å²) in [4.78, 5) is 0. The van der Waals surface area contributed by atoms with Crippen LogP contribution in [0.5, 0.6) is 11.5 Å². The maximum atomic E-state index is 13.1. The van der Waals surface area contributed by atoms with Gasteiger partial charge < -0.3 is 14.0 Å².